The van der Waals surface area contributed by atoms with E-state index in [9.17, 15) is 4.79 Å². The Morgan fingerprint density at radius 2 is 2.04 bits per heavy atom. The number of fused-ring (bicyclic) bond motifs is 2. The summed E-state index contributed by atoms with van der Waals surface area (Å²) in [4.78, 5) is 19.5. The largest absolute Gasteiger partial charge is 0.484 e. The quantitative estimate of drug-likeness (QED) is 0.653. The van der Waals surface area contributed by atoms with Crippen LogP contribution in [0.2, 0.25) is 0 Å². The Bertz CT molecular complexity index is 980. The summed E-state index contributed by atoms with van der Waals surface area (Å²) in [5, 5.41) is 1.15. The molecule has 1 aromatic heterocycles. The molecule has 1 saturated heterocycles. The molecular weight excluding hydrogens is 368 g/mol. The first-order valence-electron chi connectivity index (χ1n) is 10.1. The second-order valence-corrected chi connectivity index (χ2v) is 8.83. The topological polar surface area (TPSA) is 42.4 Å². The van der Waals surface area contributed by atoms with Gasteiger partial charge in [0, 0.05) is 19.0 Å². The van der Waals surface area contributed by atoms with E-state index in [1.54, 1.807) is 11.3 Å². The van der Waals surface area contributed by atoms with Crippen LogP contribution in [0.1, 0.15) is 41.3 Å². The van der Waals surface area contributed by atoms with Crippen LogP contribution in [0.4, 0.5) is 0 Å². The zero-order valence-electron chi connectivity index (χ0n) is 15.9. The maximum Gasteiger partial charge on any atom is 0.260 e. The fraction of sp³-hybridized carbons (Fsp3) is 0.391. The molecule has 1 atom stereocenters. The summed E-state index contributed by atoms with van der Waals surface area (Å²) >= 11 is 1.76. The van der Waals surface area contributed by atoms with Crippen LogP contribution < -0.4 is 4.74 Å². The monoisotopic (exact) mass is 392 g/mol. The summed E-state index contributed by atoms with van der Waals surface area (Å²) in [6.07, 6.45) is 5.62. The number of hydrogen-bond acceptors (Lipinski definition) is 4. The van der Waals surface area contributed by atoms with Gasteiger partial charge in [0.15, 0.2) is 6.61 Å². The fourth-order valence-corrected chi connectivity index (χ4v) is 5.44. The highest BCUT2D eigenvalue weighted by molar-refractivity contribution is 7.18. The van der Waals surface area contributed by atoms with Gasteiger partial charge in [0.1, 0.15) is 5.75 Å². The highest BCUT2D eigenvalue weighted by Crippen LogP contribution is 2.33. The minimum Gasteiger partial charge on any atom is -0.484 e. The van der Waals surface area contributed by atoms with E-state index in [4.69, 9.17) is 9.72 Å². The number of benzene rings is 2. The van der Waals surface area contributed by atoms with Gasteiger partial charge >= 0.3 is 0 Å². The van der Waals surface area contributed by atoms with Crippen molar-refractivity contribution >= 4 is 27.5 Å². The molecule has 28 heavy (non-hydrogen) atoms. The first kappa shape index (κ1) is 17.7. The summed E-state index contributed by atoms with van der Waals surface area (Å²) in [5.41, 5.74) is 3.86. The smallest absolute Gasteiger partial charge is 0.260 e. The number of aromatic nitrogens is 1. The molecule has 1 aliphatic carbocycles. The van der Waals surface area contributed by atoms with Crippen LogP contribution in [-0.4, -0.2) is 35.5 Å². The zero-order valence-corrected chi connectivity index (χ0v) is 16.7. The van der Waals surface area contributed by atoms with Gasteiger partial charge in [-0.15, -0.1) is 11.3 Å². The Morgan fingerprint density at radius 1 is 1.14 bits per heavy atom. The molecule has 2 aromatic carbocycles. The Morgan fingerprint density at radius 3 is 2.96 bits per heavy atom. The average molecular weight is 393 g/mol. The number of rotatable bonds is 4. The van der Waals surface area contributed by atoms with Gasteiger partial charge in [0.25, 0.3) is 5.91 Å². The van der Waals surface area contributed by atoms with Gasteiger partial charge in [0.05, 0.1) is 15.2 Å². The van der Waals surface area contributed by atoms with Crippen LogP contribution in [0.5, 0.6) is 5.75 Å². The summed E-state index contributed by atoms with van der Waals surface area (Å²) in [6, 6.07) is 14.5. The van der Waals surface area contributed by atoms with Crippen LogP contribution in [0.15, 0.2) is 42.5 Å². The molecule has 0 N–H and O–H groups in total. The van der Waals surface area contributed by atoms with Crippen LogP contribution in [0.25, 0.3) is 10.2 Å². The summed E-state index contributed by atoms with van der Waals surface area (Å²) < 4.78 is 7.05. The van der Waals surface area contributed by atoms with Crippen molar-refractivity contribution in [2.45, 2.75) is 38.0 Å². The third-order valence-electron chi connectivity index (χ3n) is 5.87. The lowest BCUT2D eigenvalue weighted by Gasteiger charge is -2.31. The number of ether oxygens (including phenoxy) is 1. The van der Waals surface area contributed by atoms with Crippen molar-refractivity contribution in [1.82, 2.24) is 9.88 Å². The molecule has 3 aromatic rings. The average Bonchev–Trinajstić information content (AvgIpc) is 3.38. The molecule has 5 heteroatoms. The number of amides is 1. The molecule has 0 saturated carbocycles. The van der Waals surface area contributed by atoms with Crippen molar-refractivity contribution in [3.63, 3.8) is 0 Å². The molecule has 4 nitrogen and oxygen atoms in total. The van der Waals surface area contributed by atoms with Crippen molar-refractivity contribution in [3.05, 3.63) is 58.6 Å². The van der Waals surface area contributed by atoms with Gasteiger partial charge < -0.3 is 9.64 Å². The predicted molar refractivity (Wildman–Crippen MR) is 112 cm³/mol. The van der Waals surface area contributed by atoms with Gasteiger partial charge in [-0.05, 0) is 67.5 Å². The predicted octanol–water partition coefficient (Wildman–Crippen LogP) is 4.57. The normalized spacial score (nSPS) is 19.0. The molecule has 2 heterocycles. The van der Waals surface area contributed by atoms with Gasteiger partial charge in [-0.3, -0.25) is 4.79 Å². The van der Waals surface area contributed by atoms with Gasteiger partial charge in [-0.25, -0.2) is 4.98 Å². The number of para-hydroxylation sites is 1. The Labute approximate surface area is 169 Å². The van der Waals surface area contributed by atoms with Crippen LogP contribution in [0, 0.1) is 0 Å². The highest BCUT2D eigenvalue weighted by Gasteiger charge is 2.27. The first-order chi connectivity index (χ1) is 13.8. The Hall–Kier alpha value is -2.40. The number of carbonyl (C=O) groups is 1. The SMILES string of the molecule is O=C(COc1ccc2c(c1)CCC2)N1CCC[C@H](c2nc3ccccc3s2)C1. The van der Waals surface area contributed by atoms with E-state index in [-0.39, 0.29) is 12.5 Å². The summed E-state index contributed by atoms with van der Waals surface area (Å²) in [6.45, 7) is 1.67. The minimum absolute atomic E-state index is 0.0753. The second-order valence-electron chi connectivity index (χ2n) is 7.77. The van der Waals surface area contributed by atoms with Crippen molar-refractivity contribution < 1.29 is 9.53 Å². The molecule has 0 spiro atoms. The van der Waals surface area contributed by atoms with Crippen LogP contribution in [-0.2, 0) is 17.6 Å². The number of likely N-dealkylation sites (tertiary alicyclic amines) is 1. The number of piperidine rings is 1. The highest BCUT2D eigenvalue weighted by atomic mass is 32.1. The molecular formula is C23H24N2O2S. The van der Waals surface area contributed by atoms with Gasteiger partial charge in [0.2, 0.25) is 0 Å². The van der Waals surface area contributed by atoms with E-state index >= 15 is 0 Å². The number of carbonyl (C=O) groups excluding carboxylic acids is 1. The van der Waals surface area contributed by atoms with E-state index in [0.29, 0.717) is 5.92 Å². The Kier molecular flexibility index (Phi) is 4.77. The molecule has 0 bridgehead atoms. The lowest BCUT2D eigenvalue weighted by Crippen LogP contribution is -2.41. The van der Waals surface area contributed by atoms with Crippen molar-refractivity contribution in [1.29, 1.82) is 0 Å². The van der Waals surface area contributed by atoms with Gasteiger partial charge in [-0.1, -0.05) is 18.2 Å². The number of thiazole rings is 1. The maximum absolute atomic E-state index is 12.7. The minimum atomic E-state index is 0.0753. The molecule has 0 unspecified atom stereocenters. The van der Waals surface area contributed by atoms with Crippen LogP contribution >= 0.6 is 11.3 Å². The molecule has 1 aliphatic heterocycles. The fourth-order valence-electron chi connectivity index (χ4n) is 4.34. The maximum atomic E-state index is 12.7. The third kappa shape index (κ3) is 3.51. The second kappa shape index (κ2) is 7.55. The lowest BCUT2D eigenvalue weighted by atomic mass is 9.99. The van der Waals surface area contributed by atoms with E-state index in [2.05, 4.69) is 30.3 Å². The molecule has 144 valence electrons. The summed E-state index contributed by atoms with van der Waals surface area (Å²) in [7, 11) is 0. The number of hydrogen-bond donors (Lipinski definition) is 0. The molecule has 1 amide bonds. The molecule has 0 radical (unpaired) electrons. The molecule has 1 fully saturated rings. The van der Waals surface area contributed by atoms with E-state index in [0.717, 1.165) is 55.0 Å². The molecule has 5 rings (SSSR count). The number of aryl methyl sites for hydroxylation is 2. The lowest BCUT2D eigenvalue weighted by molar-refractivity contribution is -0.134. The van der Waals surface area contributed by atoms with Crippen LogP contribution in [0.3, 0.4) is 0 Å². The summed E-state index contributed by atoms with van der Waals surface area (Å²) in [5.74, 6) is 1.22. The van der Waals surface area contributed by atoms with E-state index < -0.39 is 0 Å². The number of nitrogens with zero attached hydrogens (tertiary/aromatic N) is 2. The van der Waals surface area contributed by atoms with Crippen molar-refractivity contribution in [2.75, 3.05) is 19.7 Å². The standard InChI is InChI=1S/C23H24N2O2S/c26-22(15-27-19-11-10-16-5-3-6-17(16)13-19)25-12-4-7-18(14-25)23-24-20-8-1-2-9-21(20)28-23/h1-2,8-11,13,18H,3-7,12,14-15H2/t18-/m0/s1. The van der Waals surface area contributed by atoms with E-state index in [1.807, 2.05) is 17.0 Å². The van der Waals surface area contributed by atoms with E-state index in [1.165, 1.54) is 22.2 Å². The Balaban J connectivity index is 1.22. The van der Waals surface area contributed by atoms with Gasteiger partial charge in [-0.2, -0.15) is 0 Å². The van der Waals surface area contributed by atoms with Crippen molar-refractivity contribution in [3.8, 4) is 5.75 Å². The zero-order chi connectivity index (χ0) is 18.9. The first-order valence-corrected chi connectivity index (χ1v) is 11.0. The third-order valence-corrected chi connectivity index (χ3v) is 7.06. The molecule has 2 aliphatic rings. The van der Waals surface area contributed by atoms with Crippen molar-refractivity contribution in [2.24, 2.45) is 0 Å².